The Hall–Kier alpha value is -0.960. The summed E-state index contributed by atoms with van der Waals surface area (Å²) >= 11 is 3.33. The van der Waals surface area contributed by atoms with E-state index in [1.165, 1.54) is 19.2 Å². The van der Waals surface area contributed by atoms with Crippen LogP contribution in [0.15, 0.2) is 27.6 Å². The van der Waals surface area contributed by atoms with Crippen LogP contribution in [-0.2, 0) is 14.8 Å². The van der Waals surface area contributed by atoms with Crippen molar-refractivity contribution in [2.24, 2.45) is 5.92 Å². The molecule has 0 saturated heterocycles. The van der Waals surface area contributed by atoms with Crippen molar-refractivity contribution in [2.45, 2.75) is 44.4 Å². The number of ether oxygens (including phenoxy) is 1. The molecule has 6 nitrogen and oxygen atoms in total. The van der Waals surface area contributed by atoms with E-state index in [2.05, 4.69) is 39.8 Å². The zero-order valence-electron chi connectivity index (χ0n) is 15.7. The molecule has 0 bridgehead atoms. The molecule has 0 heterocycles. The van der Waals surface area contributed by atoms with Crippen LogP contribution in [0.1, 0.15) is 49.9 Å². The van der Waals surface area contributed by atoms with Gasteiger partial charge in [-0.25, -0.2) is 13.1 Å². The number of hydrogen-bond donors (Lipinski definition) is 2. The number of rotatable bonds is 12. The molecular weight excluding hydrogens is 420 g/mol. The highest BCUT2D eigenvalue weighted by atomic mass is 79.9. The molecule has 1 aromatic carbocycles. The summed E-state index contributed by atoms with van der Waals surface area (Å²) in [6.07, 6.45) is 4.34. The highest BCUT2D eigenvalue weighted by molar-refractivity contribution is 9.10. The van der Waals surface area contributed by atoms with Gasteiger partial charge in [0.25, 0.3) is 5.91 Å². The molecule has 0 aromatic heterocycles. The van der Waals surface area contributed by atoms with Crippen molar-refractivity contribution in [1.29, 1.82) is 0 Å². The van der Waals surface area contributed by atoms with E-state index in [0.29, 0.717) is 22.5 Å². The number of unbranched alkanes of at least 4 members (excludes halogenated alkanes) is 1. The third kappa shape index (κ3) is 7.34. The summed E-state index contributed by atoms with van der Waals surface area (Å²) in [5.74, 6) is 0.154. The van der Waals surface area contributed by atoms with Crippen LogP contribution < -0.4 is 10.0 Å². The van der Waals surface area contributed by atoms with E-state index in [4.69, 9.17) is 4.74 Å². The molecule has 0 fully saturated rings. The van der Waals surface area contributed by atoms with E-state index < -0.39 is 10.0 Å². The molecule has 148 valence electrons. The van der Waals surface area contributed by atoms with Gasteiger partial charge in [0.1, 0.15) is 0 Å². The number of benzene rings is 1. The number of hydrogen-bond acceptors (Lipinski definition) is 4. The molecule has 1 atom stereocenters. The number of amides is 1. The van der Waals surface area contributed by atoms with E-state index >= 15 is 0 Å². The highest BCUT2D eigenvalue weighted by Gasteiger charge is 2.19. The van der Waals surface area contributed by atoms with Gasteiger partial charge in [0.05, 0.1) is 17.1 Å². The fourth-order valence-electron chi connectivity index (χ4n) is 2.48. The minimum absolute atomic E-state index is 0.0555. The Balaban J connectivity index is 2.84. The SMILES string of the molecule is CCCCC(CC)CNC(=O)c1cc(S(=O)(=O)NCCOC)ccc1Br. The summed E-state index contributed by atoms with van der Waals surface area (Å²) in [5.41, 5.74) is 0.310. The summed E-state index contributed by atoms with van der Waals surface area (Å²) in [6, 6.07) is 4.43. The highest BCUT2D eigenvalue weighted by Crippen LogP contribution is 2.21. The van der Waals surface area contributed by atoms with Crippen molar-refractivity contribution >= 4 is 31.9 Å². The van der Waals surface area contributed by atoms with E-state index in [1.807, 2.05) is 0 Å². The average molecular weight is 449 g/mol. The number of carbonyl (C=O) groups excluding carboxylic acids is 1. The lowest BCUT2D eigenvalue weighted by Crippen LogP contribution is -2.30. The number of halogens is 1. The van der Waals surface area contributed by atoms with Crippen molar-refractivity contribution in [3.8, 4) is 0 Å². The standard InChI is InChI=1S/C18H29BrN2O4S/c1-4-6-7-14(5-2)13-20-18(22)16-12-15(8-9-17(16)19)26(23,24)21-10-11-25-3/h8-9,12,14,21H,4-7,10-11,13H2,1-3H3,(H,20,22). The molecule has 1 unspecified atom stereocenters. The Morgan fingerprint density at radius 3 is 2.65 bits per heavy atom. The van der Waals surface area contributed by atoms with Crippen LogP contribution >= 0.6 is 15.9 Å². The van der Waals surface area contributed by atoms with E-state index in [-0.39, 0.29) is 24.0 Å². The Morgan fingerprint density at radius 1 is 1.31 bits per heavy atom. The van der Waals surface area contributed by atoms with Gasteiger partial charge in [-0.2, -0.15) is 0 Å². The fraction of sp³-hybridized carbons (Fsp3) is 0.611. The first-order chi connectivity index (χ1) is 12.4. The Kier molecular flexibility index (Phi) is 10.4. The molecule has 8 heteroatoms. The van der Waals surface area contributed by atoms with Gasteiger partial charge in [-0.15, -0.1) is 0 Å². The van der Waals surface area contributed by atoms with Crippen LogP contribution in [0.5, 0.6) is 0 Å². The first-order valence-corrected chi connectivity index (χ1v) is 11.2. The molecule has 2 N–H and O–H groups in total. The molecule has 0 aliphatic heterocycles. The summed E-state index contributed by atoms with van der Waals surface area (Å²) in [6.45, 7) is 5.30. The maximum Gasteiger partial charge on any atom is 0.252 e. The second-order valence-corrected chi connectivity index (χ2v) is 8.78. The summed E-state index contributed by atoms with van der Waals surface area (Å²) in [7, 11) is -2.18. The van der Waals surface area contributed by atoms with Gasteiger partial charge in [0.15, 0.2) is 0 Å². The summed E-state index contributed by atoms with van der Waals surface area (Å²) in [5, 5.41) is 2.93. The minimum atomic E-state index is -3.68. The van der Waals surface area contributed by atoms with Gasteiger partial charge in [0, 0.05) is 24.7 Å². The monoisotopic (exact) mass is 448 g/mol. The molecule has 0 saturated carbocycles. The minimum Gasteiger partial charge on any atom is -0.383 e. The van der Waals surface area contributed by atoms with Crippen molar-refractivity contribution in [2.75, 3.05) is 26.8 Å². The zero-order chi connectivity index (χ0) is 19.6. The van der Waals surface area contributed by atoms with Gasteiger partial charge in [-0.3, -0.25) is 4.79 Å². The molecule has 0 radical (unpaired) electrons. The van der Waals surface area contributed by atoms with Gasteiger partial charge < -0.3 is 10.1 Å². The molecule has 1 amide bonds. The normalized spacial score (nSPS) is 12.8. The smallest absolute Gasteiger partial charge is 0.252 e. The lowest BCUT2D eigenvalue weighted by atomic mass is 9.99. The predicted octanol–water partition coefficient (Wildman–Crippen LogP) is 3.32. The molecule has 0 aliphatic rings. The van der Waals surface area contributed by atoms with Gasteiger partial charge in [-0.1, -0.05) is 33.1 Å². The lowest BCUT2D eigenvalue weighted by Gasteiger charge is -2.16. The Bertz CT molecular complexity index is 680. The predicted molar refractivity (Wildman–Crippen MR) is 107 cm³/mol. The van der Waals surface area contributed by atoms with Crippen LogP contribution in [-0.4, -0.2) is 41.1 Å². The second-order valence-electron chi connectivity index (χ2n) is 6.16. The van der Waals surface area contributed by atoms with Gasteiger partial charge >= 0.3 is 0 Å². The molecule has 1 rings (SSSR count). The topological polar surface area (TPSA) is 84.5 Å². The number of carbonyl (C=O) groups is 1. The van der Waals surface area contributed by atoms with Gasteiger partial charge in [0.2, 0.25) is 10.0 Å². The lowest BCUT2D eigenvalue weighted by molar-refractivity contribution is 0.0945. The molecule has 26 heavy (non-hydrogen) atoms. The summed E-state index contributed by atoms with van der Waals surface area (Å²) in [4.78, 5) is 12.6. The van der Waals surface area contributed by atoms with Crippen LogP contribution in [0.4, 0.5) is 0 Å². The third-order valence-electron chi connectivity index (χ3n) is 4.19. The Morgan fingerprint density at radius 2 is 2.04 bits per heavy atom. The Labute approximate surface area is 165 Å². The first kappa shape index (κ1) is 23.1. The van der Waals surface area contributed by atoms with E-state index in [0.717, 1.165) is 25.7 Å². The zero-order valence-corrected chi connectivity index (χ0v) is 18.1. The summed E-state index contributed by atoms with van der Waals surface area (Å²) < 4.78 is 32.5. The van der Waals surface area contributed by atoms with Gasteiger partial charge in [-0.05, 0) is 46.5 Å². The van der Waals surface area contributed by atoms with Crippen LogP contribution in [0.2, 0.25) is 0 Å². The van der Waals surface area contributed by atoms with E-state index in [1.54, 1.807) is 6.07 Å². The molecule has 1 aromatic rings. The van der Waals surface area contributed by atoms with Crippen molar-refractivity contribution < 1.29 is 17.9 Å². The first-order valence-electron chi connectivity index (χ1n) is 8.92. The third-order valence-corrected chi connectivity index (χ3v) is 6.34. The van der Waals surface area contributed by atoms with Crippen LogP contribution in [0, 0.1) is 5.92 Å². The van der Waals surface area contributed by atoms with E-state index in [9.17, 15) is 13.2 Å². The number of methoxy groups -OCH3 is 1. The molecular formula is C18H29BrN2O4S. The van der Waals surface area contributed by atoms with Crippen molar-refractivity contribution in [1.82, 2.24) is 10.0 Å². The van der Waals surface area contributed by atoms with Crippen molar-refractivity contribution in [3.05, 3.63) is 28.2 Å². The quantitative estimate of drug-likeness (QED) is 0.480. The molecule has 0 aliphatic carbocycles. The number of nitrogens with one attached hydrogen (secondary N) is 2. The maximum atomic E-state index is 12.5. The van der Waals surface area contributed by atoms with Crippen LogP contribution in [0.25, 0.3) is 0 Å². The fourth-order valence-corrected chi connectivity index (χ4v) is 3.95. The average Bonchev–Trinajstić information content (AvgIpc) is 2.62. The largest absolute Gasteiger partial charge is 0.383 e. The van der Waals surface area contributed by atoms with Crippen LogP contribution in [0.3, 0.4) is 0 Å². The molecule has 0 spiro atoms. The van der Waals surface area contributed by atoms with Crippen molar-refractivity contribution in [3.63, 3.8) is 0 Å². The second kappa shape index (κ2) is 11.7. The number of sulfonamides is 1. The maximum absolute atomic E-state index is 12.5.